The zero-order valence-electron chi connectivity index (χ0n) is 13.6. The van der Waals surface area contributed by atoms with Crippen molar-refractivity contribution in [3.05, 3.63) is 35.9 Å². The van der Waals surface area contributed by atoms with E-state index in [1.165, 1.54) is 7.11 Å². The molecule has 0 radical (unpaired) electrons. The van der Waals surface area contributed by atoms with Gasteiger partial charge in [0.2, 0.25) is 11.8 Å². The van der Waals surface area contributed by atoms with Gasteiger partial charge in [0.1, 0.15) is 13.1 Å². The van der Waals surface area contributed by atoms with Gasteiger partial charge in [0.05, 0.1) is 26.7 Å². The normalized spacial score (nSPS) is 28.6. The van der Waals surface area contributed by atoms with Crippen molar-refractivity contribution < 1.29 is 33.4 Å². The van der Waals surface area contributed by atoms with Crippen LogP contribution in [0.4, 0.5) is 4.79 Å². The lowest BCUT2D eigenvalue weighted by atomic mass is 10.1. The molecular formula is C17H22NO6+. The van der Waals surface area contributed by atoms with Crippen molar-refractivity contribution in [3.63, 3.8) is 0 Å². The summed E-state index contributed by atoms with van der Waals surface area (Å²) >= 11 is 0. The minimum absolute atomic E-state index is 0.0804. The first-order valence-electron chi connectivity index (χ1n) is 8.01. The number of benzene rings is 1. The number of carbonyl (C=O) groups is 2. The number of hydrogen-bond donors (Lipinski definition) is 1. The van der Waals surface area contributed by atoms with E-state index in [9.17, 15) is 14.7 Å². The standard InChI is InChI=1S/C17H21NO6/c1-22-15(19)14-10-17(23-8-5-9-24-17)12-18(14,16(20)21)11-13-6-3-2-4-7-13/h2-4,6-7,14H,5,8-12H2,1H3/p+1/t14-,18?/m0/s1. The summed E-state index contributed by atoms with van der Waals surface area (Å²) < 4.78 is 16.0. The van der Waals surface area contributed by atoms with Crippen molar-refractivity contribution in [1.29, 1.82) is 0 Å². The van der Waals surface area contributed by atoms with E-state index in [0.29, 0.717) is 13.2 Å². The minimum Gasteiger partial charge on any atom is -0.465 e. The maximum absolute atomic E-state index is 12.3. The minimum atomic E-state index is -1.08. The summed E-state index contributed by atoms with van der Waals surface area (Å²) in [6, 6.07) is 8.40. The van der Waals surface area contributed by atoms with Gasteiger partial charge in [-0.1, -0.05) is 30.3 Å². The highest BCUT2D eigenvalue weighted by Crippen LogP contribution is 2.41. The highest BCUT2D eigenvalue weighted by Gasteiger charge is 2.65. The molecular weight excluding hydrogens is 314 g/mol. The molecule has 1 amide bonds. The zero-order chi connectivity index (χ0) is 17.2. The second-order valence-corrected chi connectivity index (χ2v) is 6.32. The maximum atomic E-state index is 12.3. The third kappa shape index (κ3) is 2.90. The van der Waals surface area contributed by atoms with Gasteiger partial charge in [-0.3, -0.25) is 0 Å². The van der Waals surface area contributed by atoms with Crippen molar-refractivity contribution >= 4 is 12.1 Å². The fourth-order valence-electron chi connectivity index (χ4n) is 3.67. The number of methoxy groups -OCH3 is 1. The van der Waals surface area contributed by atoms with Gasteiger partial charge in [-0.15, -0.1) is 0 Å². The predicted molar refractivity (Wildman–Crippen MR) is 83.0 cm³/mol. The largest absolute Gasteiger partial charge is 0.514 e. The van der Waals surface area contributed by atoms with Crippen LogP contribution in [0, 0.1) is 0 Å². The Morgan fingerprint density at radius 2 is 1.96 bits per heavy atom. The summed E-state index contributed by atoms with van der Waals surface area (Å²) in [6.07, 6.45) is -0.140. The van der Waals surface area contributed by atoms with Crippen LogP contribution < -0.4 is 0 Å². The molecule has 0 aromatic heterocycles. The molecule has 1 aromatic carbocycles. The number of carbonyl (C=O) groups excluding carboxylic acids is 1. The SMILES string of the molecule is COC(=O)[C@@H]1CC2(C[N+]1(Cc1ccccc1)C(=O)O)OCCCO2. The summed E-state index contributed by atoms with van der Waals surface area (Å²) in [5.74, 6) is -1.59. The molecule has 2 aliphatic rings. The Balaban J connectivity index is 1.99. The second-order valence-electron chi connectivity index (χ2n) is 6.32. The average molecular weight is 336 g/mol. The van der Waals surface area contributed by atoms with Crippen LogP contribution in [0.2, 0.25) is 0 Å². The number of esters is 1. The van der Waals surface area contributed by atoms with Gasteiger partial charge >= 0.3 is 12.1 Å². The maximum Gasteiger partial charge on any atom is 0.514 e. The van der Waals surface area contributed by atoms with E-state index in [0.717, 1.165) is 12.0 Å². The molecule has 0 saturated carbocycles. The number of quaternary nitrogens is 1. The van der Waals surface area contributed by atoms with Crippen LogP contribution >= 0.6 is 0 Å². The average Bonchev–Trinajstić information content (AvgIpc) is 2.90. The van der Waals surface area contributed by atoms with E-state index >= 15 is 0 Å². The van der Waals surface area contributed by atoms with Crippen LogP contribution in [0.25, 0.3) is 0 Å². The van der Waals surface area contributed by atoms with Crippen LogP contribution in [-0.4, -0.2) is 60.3 Å². The van der Waals surface area contributed by atoms with Crippen LogP contribution in [-0.2, 0) is 25.5 Å². The quantitative estimate of drug-likeness (QED) is 0.669. The molecule has 1 unspecified atom stereocenters. The van der Waals surface area contributed by atoms with E-state index in [-0.39, 0.29) is 19.5 Å². The monoisotopic (exact) mass is 336 g/mol. The van der Waals surface area contributed by atoms with Crippen molar-refractivity contribution in [2.24, 2.45) is 0 Å². The molecule has 2 atom stereocenters. The predicted octanol–water partition coefficient (Wildman–Crippen LogP) is 1.76. The molecule has 2 fully saturated rings. The Labute approximate surface area is 140 Å². The molecule has 0 aliphatic carbocycles. The van der Waals surface area contributed by atoms with E-state index in [2.05, 4.69) is 0 Å². The van der Waals surface area contributed by atoms with Crippen molar-refractivity contribution in [2.45, 2.75) is 31.2 Å². The Bertz CT molecular complexity index is 613. The molecule has 1 aromatic rings. The summed E-state index contributed by atoms with van der Waals surface area (Å²) in [5, 5.41) is 10.0. The number of rotatable bonds is 3. The van der Waals surface area contributed by atoms with Crippen LogP contribution in [0.15, 0.2) is 30.3 Å². The Morgan fingerprint density at radius 3 is 2.54 bits per heavy atom. The van der Waals surface area contributed by atoms with E-state index in [1.807, 2.05) is 30.3 Å². The van der Waals surface area contributed by atoms with Crippen LogP contribution in [0.1, 0.15) is 18.4 Å². The van der Waals surface area contributed by atoms with E-state index in [4.69, 9.17) is 14.2 Å². The van der Waals surface area contributed by atoms with Crippen LogP contribution in [0.3, 0.4) is 0 Å². The lowest BCUT2D eigenvalue weighted by molar-refractivity contribution is -0.879. The summed E-state index contributed by atoms with van der Waals surface area (Å²) in [4.78, 5) is 24.6. The summed E-state index contributed by atoms with van der Waals surface area (Å²) in [7, 11) is 1.27. The Morgan fingerprint density at radius 1 is 1.29 bits per heavy atom. The molecule has 1 N–H and O–H groups in total. The smallest absolute Gasteiger partial charge is 0.465 e. The fourth-order valence-corrected chi connectivity index (χ4v) is 3.67. The molecule has 24 heavy (non-hydrogen) atoms. The van der Waals surface area contributed by atoms with E-state index in [1.54, 1.807) is 0 Å². The van der Waals surface area contributed by atoms with Gasteiger partial charge in [0.25, 0.3) is 0 Å². The molecule has 2 aliphatic heterocycles. The summed E-state index contributed by atoms with van der Waals surface area (Å²) in [5.41, 5.74) is 0.835. The van der Waals surface area contributed by atoms with Crippen molar-refractivity contribution in [2.75, 3.05) is 26.9 Å². The Hall–Kier alpha value is -1.96. The lowest BCUT2D eigenvalue weighted by Gasteiger charge is -2.35. The van der Waals surface area contributed by atoms with Gasteiger partial charge < -0.3 is 19.3 Å². The van der Waals surface area contributed by atoms with Crippen molar-refractivity contribution in [3.8, 4) is 0 Å². The number of amides is 1. The molecule has 2 heterocycles. The Kier molecular flexibility index (Phi) is 4.58. The highest BCUT2D eigenvalue weighted by atomic mass is 16.7. The van der Waals surface area contributed by atoms with Gasteiger partial charge in [0.15, 0.2) is 0 Å². The van der Waals surface area contributed by atoms with Gasteiger partial charge in [-0.2, -0.15) is 4.79 Å². The third-order valence-corrected chi connectivity index (χ3v) is 4.80. The van der Waals surface area contributed by atoms with Crippen LogP contribution in [0.5, 0.6) is 0 Å². The summed E-state index contributed by atoms with van der Waals surface area (Å²) in [6.45, 7) is 1.25. The molecule has 7 heteroatoms. The molecule has 3 rings (SSSR count). The second kappa shape index (κ2) is 6.51. The first-order valence-corrected chi connectivity index (χ1v) is 8.01. The molecule has 130 valence electrons. The number of hydrogen-bond acceptors (Lipinski definition) is 5. The van der Waals surface area contributed by atoms with E-state index < -0.39 is 28.4 Å². The number of likely N-dealkylation sites (tertiary alicyclic amines) is 1. The third-order valence-electron chi connectivity index (χ3n) is 4.80. The number of carboxylic acid groups (broad SMARTS) is 1. The number of nitrogens with zero attached hydrogens (tertiary/aromatic N) is 1. The molecule has 0 bridgehead atoms. The zero-order valence-corrected chi connectivity index (χ0v) is 13.6. The van der Waals surface area contributed by atoms with Gasteiger partial charge in [-0.25, -0.2) is 9.28 Å². The molecule has 7 nitrogen and oxygen atoms in total. The van der Waals surface area contributed by atoms with Crippen molar-refractivity contribution in [1.82, 2.24) is 0 Å². The lowest BCUT2D eigenvalue weighted by Crippen LogP contribution is -2.59. The first-order chi connectivity index (χ1) is 11.5. The van der Waals surface area contributed by atoms with Gasteiger partial charge in [-0.05, 0) is 6.42 Å². The topological polar surface area (TPSA) is 82.1 Å². The number of ether oxygens (including phenoxy) is 3. The highest BCUT2D eigenvalue weighted by molar-refractivity contribution is 5.77. The molecule has 1 spiro atoms. The first kappa shape index (κ1) is 16.9. The van der Waals surface area contributed by atoms with Gasteiger partial charge in [0, 0.05) is 5.56 Å². The fraction of sp³-hybridized carbons (Fsp3) is 0.529. The molecule has 2 saturated heterocycles.